The molecular formula is C15H13ClO2. The monoisotopic (exact) mass is 260 g/mol. The van der Waals surface area contributed by atoms with Crippen LogP contribution in [-0.4, -0.2) is 11.1 Å². The first-order valence-electron chi connectivity index (χ1n) is 5.27. The second kappa shape index (κ2) is 6.03. The molecule has 2 rings (SSSR count). The van der Waals surface area contributed by atoms with Crippen LogP contribution in [0.3, 0.4) is 0 Å². The van der Waals surface area contributed by atoms with Gasteiger partial charge in [0.1, 0.15) is 0 Å². The van der Waals surface area contributed by atoms with E-state index in [1.54, 1.807) is 6.07 Å². The van der Waals surface area contributed by atoms with Gasteiger partial charge in [0.2, 0.25) is 0 Å². The smallest absolute Gasteiger partial charge is 0.335 e. The van der Waals surface area contributed by atoms with Crippen molar-refractivity contribution in [1.82, 2.24) is 0 Å². The van der Waals surface area contributed by atoms with Crippen LogP contribution >= 0.6 is 12.4 Å². The number of hydrogen-bond acceptors (Lipinski definition) is 1. The molecule has 1 N–H and O–H groups in total. The molecule has 92 valence electrons. The fourth-order valence-electron chi connectivity index (χ4n) is 1.73. The van der Waals surface area contributed by atoms with Crippen LogP contribution in [0.15, 0.2) is 61.2 Å². The fraction of sp³-hybridized carbons (Fsp3) is 0. The van der Waals surface area contributed by atoms with Crippen LogP contribution in [0, 0.1) is 0 Å². The van der Waals surface area contributed by atoms with Crippen molar-refractivity contribution in [3.05, 3.63) is 66.7 Å². The molecule has 0 heterocycles. The van der Waals surface area contributed by atoms with Gasteiger partial charge in [0.25, 0.3) is 0 Å². The Kier molecular flexibility index (Phi) is 4.69. The van der Waals surface area contributed by atoms with E-state index in [2.05, 4.69) is 6.58 Å². The lowest BCUT2D eigenvalue weighted by molar-refractivity contribution is -0.130. The Morgan fingerprint density at radius 1 is 0.944 bits per heavy atom. The van der Waals surface area contributed by atoms with Crippen LogP contribution < -0.4 is 0 Å². The van der Waals surface area contributed by atoms with E-state index < -0.39 is 5.97 Å². The molecule has 0 aromatic heterocycles. The molecule has 0 aliphatic rings. The van der Waals surface area contributed by atoms with Crippen LogP contribution in [-0.2, 0) is 4.79 Å². The highest BCUT2D eigenvalue weighted by Gasteiger charge is 2.12. The van der Waals surface area contributed by atoms with Crippen molar-refractivity contribution in [3.8, 4) is 11.1 Å². The summed E-state index contributed by atoms with van der Waals surface area (Å²) in [6, 6.07) is 17.1. The van der Waals surface area contributed by atoms with Crippen LogP contribution in [0.4, 0.5) is 0 Å². The van der Waals surface area contributed by atoms with Gasteiger partial charge in [-0.05, 0) is 16.7 Å². The van der Waals surface area contributed by atoms with Crippen molar-refractivity contribution < 1.29 is 9.90 Å². The first kappa shape index (κ1) is 14.0. The van der Waals surface area contributed by atoms with Gasteiger partial charge in [0.05, 0.1) is 5.57 Å². The van der Waals surface area contributed by atoms with Crippen molar-refractivity contribution in [2.24, 2.45) is 0 Å². The summed E-state index contributed by atoms with van der Waals surface area (Å²) in [5, 5.41) is 9.01. The molecule has 0 unspecified atom stereocenters. The molecule has 0 fully saturated rings. The average molecular weight is 261 g/mol. The van der Waals surface area contributed by atoms with Gasteiger partial charge in [-0.15, -0.1) is 12.4 Å². The normalized spacial score (nSPS) is 9.33. The maximum absolute atomic E-state index is 11.0. The molecule has 2 aromatic rings. The summed E-state index contributed by atoms with van der Waals surface area (Å²) in [5.41, 5.74) is 2.65. The van der Waals surface area contributed by atoms with Crippen LogP contribution in [0.25, 0.3) is 16.7 Å². The van der Waals surface area contributed by atoms with Gasteiger partial charge in [-0.1, -0.05) is 61.2 Å². The summed E-state index contributed by atoms with van der Waals surface area (Å²) >= 11 is 0. The van der Waals surface area contributed by atoms with Crippen molar-refractivity contribution >= 4 is 23.9 Å². The molecule has 0 aliphatic heterocycles. The first-order valence-corrected chi connectivity index (χ1v) is 5.27. The Morgan fingerprint density at radius 2 is 1.50 bits per heavy atom. The third kappa shape index (κ3) is 2.79. The Bertz CT molecular complexity index is 562. The van der Waals surface area contributed by atoms with Gasteiger partial charge >= 0.3 is 5.97 Å². The summed E-state index contributed by atoms with van der Waals surface area (Å²) in [5.74, 6) is -0.992. The number of carbonyl (C=O) groups is 1. The second-order valence-corrected chi connectivity index (χ2v) is 3.70. The van der Waals surface area contributed by atoms with Crippen LogP contribution in [0.5, 0.6) is 0 Å². The minimum Gasteiger partial charge on any atom is -0.478 e. The molecular weight excluding hydrogens is 248 g/mol. The van der Waals surface area contributed by atoms with Gasteiger partial charge in [0.15, 0.2) is 0 Å². The predicted octanol–water partition coefficient (Wildman–Crippen LogP) is 3.87. The van der Waals surface area contributed by atoms with Crippen LogP contribution in [0.2, 0.25) is 0 Å². The topological polar surface area (TPSA) is 37.3 Å². The lowest BCUT2D eigenvalue weighted by atomic mass is 9.95. The maximum atomic E-state index is 11.0. The summed E-state index contributed by atoms with van der Waals surface area (Å²) in [6.45, 7) is 3.61. The molecule has 3 heteroatoms. The van der Waals surface area contributed by atoms with Gasteiger partial charge in [-0.3, -0.25) is 0 Å². The molecule has 0 atom stereocenters. The number of carboxylic acids is 1. The molecule has 0 spiro atoms. The van der Waals surface area contributed by atoms with Crippen molar-refractivity contribution in [2.75, 3.05) is 0 Å². The molecule has 0 amide bonds. The number of carboxylic acid groups (broad SMARTS) is 1. The van der Waals surface area contributed by atoms with E-state index in [-0.39, 0.29) is 18.0 Å². The molecule has 18 heavy (non-hydrogen) atoms. The van der Waals surface area contributed by atoms with Gasteiger partial charge in [-0.25, -0.2) is 4.79 Å². The summed E-state index contributed by atoms with van der Waals surface area (Å²) in [7, 11) is 0. The van der Waals surface area contributed by atoms with Crippen molar-refractivity contribution in [1.29, 1.82) is 0 Å². The lowest BCUT2D eigenvalue weighted by Crippen LogP contribution is -1.99. The Labute approximate surface area is 112 Å². The van der Waals surface area contributed by atoms with E-state index in [4.69, 9.17) is 5.11 Å². The summed E-state index contributed by atoms with van der Waals surface area (Å²) < 4.78 is 0. The van der Waals surface area contributed by atoms with E-state index in [1.807, 2.05) is 48.5 Å². The third-order valence-electron chi connectivity index (χ3n) is 2.60. The number of rotatable bonds is 3. The largest absolute Gasteiger partial charge is 0.478 e. The molecule has 2 nitrogen and oxygen atoms in total. The van der Waals surface area contributed by atoms with Crippen LogP contribution in [0.1, 0.15) is 5.56 Å². The number of benzene rings is 2. The molecule has 0 radical (unpaired) electrons. The van der Waals surface area contributed by atoms with E-state index in [9.17, 15) is 4.79 Å². The summed E-state index contributed by atoms with van der Waals surface area (Å²) in [6.07, 6.45) is 0. The average Bonchev–Trinajstić information content (AvgIpc) is 2.39. The molecule has 0 saturated heterocycles. The first-order chi connectivity index (χ1) is 8.20. The number of halogens is 1. The van der Waals surface area contributed by atoms with Gasteiger partial charge in [-0.2, -0.15) is 0 Å². The van der Waals surface area contributed by atoms with E-state index >= 15 is 0 Å². The van der Waals surface area contributed by atoms with E-state index in [0.717, 1.165) is 11.1 Å². The van der Waals surface area contributed by atoms with Crippen molar-refractivity contribution in [2.45, 2.75) is 0 Å². The zero-order valence-electron chi connectivity index (χ0n) is 9.67. The Balaban J connectivity index is 0.00000162. The van der Waals surface area contributed by atoms with E-state index in [0.29, 0.717) is 5.56 Å². The Hall–Kier alpha value is -2.06. The second-order valence-electron chi connectivity index (χ2n) is 3.70. The maximum Gasteiger partial charge on any atom is 0.335 e. The molecule has 0 saturated carbocycles. The number of aliphatic carboxylic acids is 1. The zero-order chi connectivity index (χ0) is 12.3. The van der Waals surface area contributed by atoms with E-state index in [1.165, 1.54) is 0 Å². The Morgan fingerprint density at radius 3 is 2.11 bits per heavy atom. The summed E-state index contributed by atoms with van der Waals surface area (Å²) in [4.78, 5) is 11.0. The minimum absolute atomic E-state index is 0. The quantitative estimate of drug-likeness (QED) is 0.851. The SMILES string of the molecule is C=C(C(=O)O)c1ccccc1-c1ccccc1.Cl. The standard InChI is InChI=1S/C15H12O2.ClH/c1-11(15(16)17)13-9-5-6-10-14(13)12-7-3-2-4-8-12;/h2-10H,1H2,(H,16,17);1H. The molecule has 0 aliphatic carbocycles. The van der Waals surface area contributed by atoms with Gasteiger partial charge in [0, 0.05) is 0 Å². The molecule has 2 aromatic carbocycles. The number of hydrogen-bond donors (Lipinski definition) is 1. The predicted molar refractivity (Wildman–Crippen MR) is 75.8 cm³/mol. The van der Waals surface area contributed by atoms with Gasteiger partial charge < -0.3 is 5.11 Å². The fourth-order valence-corrected chi connectivity index (χ4v) is 1.73. The van der Waals surface area contributed by atoms with Crippen molar-refractivity contribution in [3.63, 3.8) is 0 Å². The minimum atomic E-state index is -0.992. The highest BCUT2D eigenvalue weighted by Crippen LogP contribution is 2.27. The highest BCUT2D eigenvalue weighted by molar-refractivity contribution is 6.16. The molecule has 0 bridgehead atoms. The third-order valence-corrected chi connectivity index (χ3v) is 2.60. The lowest BCUT2D eigenvalue weighted by Gasteiger charge is -2.09. The zero-order valence-corrected chi connectivity index (χ0v) is 10.5. The highest BCUT2D eigenvalue weighted by atomic mass is 35.5.